The summed E-state index contributed by atoms with van der Waals surface area (Å²) in [5, 5.41) is 7.96. The normalized spacial score (nSPS) is 11.2. The van der Waals surface area contributed by atoms with Gasteiger partial charge < -0.3 is 9.88 Å². The number of aryl methyl sites for hydroxylation is 2. The molecular weight excluding hydrogens is 318 g/mol. The molecule has 0 spiro atoms. The fourth-order valence-corrected chi connectivity index (χ4v) is 2.91. The Balaban J connectivity index is 2.25. The van der Waals surface area contributed by atoms with Gasteiger partial charge >= 0.3 is 0 Å². The maximum Gasteiger partial charge on any atom is 0.123 e. The van der Waals surface area contributed by atoms with E-state index >= 15 is 0 Å². The van der Waals surface area contributed by atoms with E-state index in [4.69, 9.17) is 0 Å². The van der Waals surface area contributed by atoms with Crippen LogP contribution in [0.15, 0.2) is 16.9 Å². The van der Waals surface area contributed by atoms with E-state index in [1.54, 1.807) is 0 Å². The molecule has 0 aliphatic carbocycles. The van der Waals surface area contributed by atoms with Gasteiger partial charge in [0.2, 0.25) is 0 Å². The Labute approximate surface area is 128 Å². The lowest BCUT2D eigenvalue weighted by atomic mass is 10.3. The molecule has 2 aromatic rings. The molecule has 20 heavy (non-hydrogen) atoms. The third-order valence-electron chi connectivity index (χ3n) is 3.35. The van der Waals surface area contributed by atoms with Crippen LogP contribution in [0.25, 0.3) is 0 Å². The highest BCUT2D eigenvalue weighted by Gasteiger charge is 2.15. The molecule has 0 radical (unpaired) electrons. The summed E-state index contributed by atoms with van der Waals surface area (Å²) in [7, 11) is 0. The molecule has 0 aliphatic rings. The molecule has 0 unspecified atom stereocenters. The predicted octanol–water partition coefficient (Wildman–Crippen LogP) is 2.58. The average Bonchev–Trinajstić information content (AvgIpc) is 3.02. The fourth-order valence-electron chi connectivity index (χ4n) is 2.22. The number of nitrogens with zero attached hydrogens (tertiary/aromatic N) is 4. The monoisotopic (exact) mass is 339 g/mol. The second-order valence-corrected chi connectivity index (χ2v) is 5.42. The Hall–Kier alpha value is -1.14. The van der Waals surface area contributed by atoms with Crippen LogP contribution < -0.4 is 5.32 Å². The molecule has 0 atom stereocenters. The van der Waals surface area contributed by atoms with Crippen LogP contribution in [0.2, 0.25) is 0 Å². The van der Waals surface area contributed by atoms with Gasteiger partial charge in [-0.15, -0.1) is 0 Å². The highest BCUT2D eigenvalue weighted by molar-refractivity contribution is 9.10. The molecule has 2 rings (SSSR count). The first-order valence-electron chi connectivity index (χ1n) is 7.15. The van der Waals surface area contributed by atoms with Gasteiger partial charge in [-0.3, -0.25) is 4.68 Å². The Bertz CT molecular complexity index is 558. The van der Waals surface area contributed by atoms with Gasteiger partial charge in [-0.05, 0) is 35.8 Å². The van der Waals surface area contributed by atoms with E-state index in [1.807, 2.05) is 12.4 Å². The van der Waals surface area contributed by atoms with E-state index in [0.29, 0.717) is 0 Å². The Morgan fingerprint density at radius 3 is 2.75 bits per heavy atom. The molecule has 2 heterocycles. The van der Waals surface area contributed by atoms with E-state index in [9.17, 15) is 0 Å². The summed E-state index contributed by atoms with van der Waals surface area (Å²) >= 11 is 3.69. The standard InChI is InChI=1S/C14H22BrN5/c1-4-11-14(15)12(20(6-3)18-11)10-19-8-7-17-13(19)9-16-5-2/h7-8,16H,4-6,9-10H2,1-3H3. The summed E-state index contributed by atoms with van der Waals surface area (Å²) < 4.78 is 5.38. The summed E-state index contributed by atoms with van der Waals surface area (Å²) in [4.78, 5) is 4.42. The largest absolute Gasteiger partial charge is 0.328 e. The van der Waals surface area contributed by atoms with Crippen molar-refractivity contribution in [2.75, 3.05) is 6.54 Å². The van der Waals surface area contributed by atoms with Crippen molar-refractivity contribution in [1.29, 1.82) is 0 Å². The molecule has 0 saturated heterocycles. The van der Waals surface area contributed by atoms with Crippen LogP contribution >= 0.6 is 15.9 Å². The Morgan fingerprint density at radius 2 is 2.10 bits per heavy atom. The summed E-state index contributed by atoms with van der Waals surface area (Å²) in [5.74, 6) is 1.06. The number of aromatic nitrogens is 4. The molecule has 1 N–H and O–H groups in total. The number of hydrogen-bond donors (Lipinski definition) is 1. The molecule has 2 aromatic heterocycles. The van der Waals surface area contributed by atoms with Gasteiger partial charge in [-0.1, -0.05) is 13.8 Å². The van der Waals surface area contributed by atoms with Gasteiger partial charge in [0.15, 0.2) is 0 Å². The van der Waals surface area contributed by atoms with Crippen molar-refractivity contribution >= 4 is 15.9 Å². The minimum Gasteiger partial charge on any atom is -0.328 e. The number of halogens is 1. The van der Waals surface area contributed by atoms with Gasteiger partial charge in [0.25, 0.3) is 0 Å². The van der Waals surface area contributed by atoms with E-state index < -0.39 is 0 Å². The van der Waals surface area contributed by atoms with Gasteiger partial charge in [-0.2, -0.15) is 5.10 Å². The van der Waals surface area contributed by atoms with Crippen molar-refractivity contribution in [2.24, 2.45) is 0 Å². The molecule has 5 nitrogen and oxygen atoms in total. The number of imidazole rings is 1. The van der Waals surface area contributed by atoms with Gasteiger partial charge in [-0.25, -0.2) is 4.98 Å². The van der Waals surface area contributed by atoms with Crippen LogP contribution in [-0.4, -0.2) is 25.9 Å². The van der Waals surface area contributed by atoms with Crippen molar-refractivity contribution in [3.8, 4) is 0 Å². The van der Waals surface area contributed by atoms with Crippen molar-refractivity contribution in [3.63, 3.8) is 0 Å². The van der Waals surface area contributed by atoms with E-state index in [1.165, 1.54) is 5.69 Å². The summed E-state index contributed by atoms with van der Waals surface area (Å²) in [5.41, 5.74) is 2.33. The summed E-state index contributed by atoms with van der Waals surface area (Å²) in [6.07, 6.45) is 4.82. The maximum atomic E-state index is 4.64. The topological polar surface area (TPSA) is 47.7 Å². The first-order chi connectivity index (χ1) is 9.71. The summed E-state index contributed by atoms with van der Waals surface area (Å²) in [6.45, 7) is 9.77. The molecule has 0 bridgehead atoms. The smallest absolute Gasteiger partial charge is 0.123 e. The number of nitrogens with one attached hydrogen (secondary N) is 1. The lowest BCUT2D eigenvalue weighted by Crippen LogP contribution is -2.17. The second kappa shape index (κ2) is 7.04. The van der Waals surface area contributed by atoms with Gasteiger partial charge in [0, 0.05) is 18.9 Å². The van der Waals surface area contributed by atoms with Crippen molar-refractivity contribution in [1.82, 2.24) is 24.6 Å². The minimum atomic E-state index is 0.794. The van der Waals surface area contributed by atoms with Crippen molar-refractivity contribution in [2.45, 2.75) is 46.8 Å². The molecule has 110 valence electrons. The lowest BCUT2D eigenvalue weighted by Gasteiger charge is -2.10. The molecule has 0 aromatic carbocycles. The van der Waals surface area contributed by atoms with Crippen LogP contribution in [0.3, 0.4) is 0 Å². The Morgan fingerprint density at radius 1 is 1.30 bits per heavy atom. The summed E-state index contributed by atoms with van der Waals surface area (Å²) in [6, 6.07) is 0. The molecule has 0 saturated carbocycles. The van der Waals surface area contributed by atoms with E-state index in [0.717, 1.165) is 48.6 Å². The lowest BCUT2D eigenvalue weighted by molar-refractivity contribution is 0.575. The van der Waals surface area contributed by atoms with E-state index in [2.05, 4.69) is 61.3 Å². The number of rotatable bonds is 7. The van der Waals surface area contributed by atoms with E-state index in [-0.39, 0.29) is 0 Å². The molecule has 6 heteroatoms. The SMILES string of the molecule is CCNCc1nccn1Cc1c(Br)c(CC)nn1CC. The third-order valence-corrected chi connectivity index (χ3v) is 4.26. The van der Waals surface area contributed by atoms with Gasteiger partial charge in [0.1, 0.15) is 5.82 Å². The third kappa shape index (κ3) is 3.12. The van der Waals surface area contributed by atoms with Crippen molar-refractivity contribution in [3.05, 3.63) is 34.1 Å². The zero-order valence-electron chi connectivity index (χ0n) is 12.4. The molecule has 0 fully saturated rings. The predicted molar refractivity (Wildman–Crippen MR) is 83.7 cm³/mol. The first kappa shape index (κ1) is 15.3. The Kier molecular flexibility index (Phi) is 5.37. The van der Waals surface area contributed by atoms with Crippen LogP contribution in [0, 0.1) is 0 Å². The first-order valence-corrected chi connectivity index (χ1v) is 7.95. The van der Waals surface area contributed by atoms with Crippen LogP contribution in [0.5, 0.6) is 0 Å². The van der Waals surface area contributed by atoms with Gasteiger partial charge in [0.05, 0.1) is 29.0 Å². The fraction of sp³-hybridized carbons (Fsp3) is 0.571. The van der Waals surface area contributed by atoms with Crippen LogP contribution in [-0.2, 0) is 26.1 Å². The quantitative estimate of drug-likeness (QED) is 0.843. The van der Waals surface area contributed by atoms with Crippen LogP contribution in [0.1, 0.15) is 38.0 Å². The second-order valence-electron chi connectivity index (χ2n) is 4.63. The highest BCUT2D eigenvalue weighted by Crippen LogP contribution is 2.23. The zero-order chi connectivity index (χ0) is 14.5. The van der Waals surface area contributed by atoms with Crippen LogP contribution in [0.4, 0.5) is 0 Å². The maximum absolute atomic E-state index is 4.64. The highest BCUT2D eigenvalue weighted by atomic mass is 79.9. The van der Waals surface area contributed by atoms with Crippen molar-refractivity contribution < 1.29 is 0 Å². The molecular formula is C14H22BrN5. The molecule has 0 aliphatic heterocycles. The minimum absolute atomic E-state index is 0.794. The number of hydrogen-bond acceptors (Lipinski definition) is 3. The average molecular weight is 340 g/mol. The zero-order valence-corrected chi connectivity index (χ0v) is 13.9. The molecule has 0 amide bonds.